The second kappa shape index (κ2) is 4.90. The van der Waals surface area contributed by atoms with Crippen LogP contribution in [0.3, 0.4) is 0 Å². The minimum absolute atomic E-state index is 0.600. The molecule has 2 aliphatic rings. The summed E-state index contributed by atoms with van der Waals surface area (Å²) in [4.78, 5) is 2.52. The van der Waals surface area contributed by atoms with Gasteiger partial charge in [-0.3, -0.25) is 4.90 Å². The fourth-order valence-electron chi connectivity index (χ4n) is 2.90. The van der Waals surface area contributed by atoms with Gasteiger partial charge in [0.05, 0.1) is 0 Å². The zero-order valence-corrected chi connectivity index (χ0v) is 11.2. The van der Waals surface area contributed by atoms with E-state index in [0.717, 1.165) is 37.8 Å². The Hall–Kier alpha value is -1.06. The third kappa shape index (κ3) is 2.85. The van der Waals surface area contributed by atoms with E-state index >= 15 is 0 Å². The molecule has 0 spiro atoms. The molecule has 3 heteroatoms. The van der Waals surface area contributed by atoms with Crippen molar-refractivity contribution in [1.29, 1.82) is 0 Å². The Bertz CT molecular complexity index is 426. The second-order valence-corrected chi connectivity index (χ2v) is 5.87. The predicted molar refractivity (Wildman–Crippen MR) is 75.6 cm³/mol. The van der Waals surface area contributed by atoms with Gasteiger partial charge in [0.1, 0.15) is 0 Å². The molecule has 3 N–H and O–H groups in total. The lowest BCUT2D eigenvalue weighted by Gasteiger charge is -2.32. The molecule has 0 bridgehead atoms. The molecule has 2 fully saturated rings. The van der Waals surface area contributed by atoms with E-state index in [1.165, 1.54) is 24.0 Å². The van der Waals surface area contributed by atoms with Crippen LogP contribution in [0.2, 0.25) is 0 Å². The largest absolute Gasteiger partial charge is 0.399 e. The van der Waals surface area contributed by atoms with Crippen molar-refractivity contribution < 1.29 is 0 Å². The summed E-state index contributed by atoms with van der Waals surface area (Å²) in [5.41, 5.74) is 9.79. The number of benzene rings is 1. The Morgan fingerprint density at radius 3 is 2.89 bits per heavy atom. The topological polar surface area (TPSA) is 41.3 Å². The van der Waals surface area contributed by atoms with Crippen LogP contribution in [0.25, 0.3) is 0 Å². The molecule has 1 aromatic rings. The molecule has 1 aliphatic carbocycles. The lowest BCUT2D eigenvalue weighted by atomic mass is 10.0. The van der Waals surface area contributed by atoms with Crippen LogP contribution in [0.1, 0.15) is 36.8 Å². The van der Waals surface area contributed by atoms with Gasteiger partial charge in [0.2, 0.25) is 0 Å². The SMILES string of the molecule is CC1CN(Cc2cc(N)cc(C3CC3)c2)CCN1. The molecule has 1 heterocycles. The molecular formula is C15H23N3. The average molecular weight is 245 g/mol. The van der Waals surface area contributed by atoms with Gasteiger partial charge in [0, 0.05) is 37.9 Å². The van der Waals surface area contributed by atoms with Gasteiger partial charge in [0.25, 0.3) is 0 Å². The maximum Gasteiger partial charge on any atom is 0.0320 e. The minimum atomic E-state index is 0.600. The highest BCUT2D eigenvalue weighted by Gasteiger charge is 2.24. The molecule has 1 saturated heterocycles. The smallest absolute Gasteiger partial charge is 0.0320 e. The number of piperazine rings is 1. The molecule has 1 aliphatic heterocycles. The summed E-state index contributed by atoms with van der Waals surface area (Å²) in [7, 11) is 0. The van der Waals surface area contributed by atoms with E-state index in [-0.39, 0.29) is 0 Å². The second-order valence-electron chi connectivity index (χ2n) is 5.87. The highest BCUT2D eigenvalue weighted by Crippen LogP contribution is 2.41. The Morgan fingerprint density at radius 2 is 2.17 bits per heavy atom. The van der Waals surface area contributed by atoms with Gasteiger partial charge in [-0.2, -0.15) is 0 Å². The van der Waals surface area contributed by atoms with Crippen LogP contribution < -0.4 is 11.1 Å². The molecule has 3 nitrogen and oxygen atoms in total. The number of nitrogens with two attached hydrogens (primary N) is 1. The molecular weight excluding hydrogens is 222 g/mol. The van der Waals surface area contributed by atoms with Crippen LogP contribution >= 0.6 is 0 Å². The van der Waals surface area contributed by atoms with Crippen molar-refractivity contribution in [2.45, 2.75) is 38.3 Å². The maximum atomic E-state index is 6.03. The first kappa shape index (κ1) is 12.0. The monoisotopic (exact) mass is 245 g/mol. The van der Waals surface area contributed by atoms with Crippen LogP contribution in [0, 0.1) is 0 Å². The molecule has 3 rings (SSSR count). The molecule has 1 aromatic carbocycles. The highest BCUT2D eigenvalue weighted by molar-refractivity contribution is 5.46. The first-order chi connectivity index (χ1) is 8.70. The third-order valence-electron chi connectivity index (χ3n) is 3.95. The summed E-state index contributed by atoms with van der Waals surface area (Å²) in [6.45, 7) is 6.66. The average Bonchev–Trinajstić information content (AvgIpc) is 3.11. The number of anilines is 1. The molecule has 98 valence electrons. The lowest BCUT2D eigenvalue weighted by molar-refractivity contribution is 0.199. The normalized spacial score (nSPS) is 25.3. The molecule has 0 amide bonds. The lowest BCUT2D eigenvalue weighted by Crippen LogP contribution is -2.48. The van der Waals surface area contributed by atoms with E-state index in [2.05, 4.69) is 35.3 Å². The van der Waals surface area contributed by atoms with Crippen molar-refractivity contribution in [3.63, 3.8) is 0 Å². The van der Waals surface area contributed by atoms with Crippen molar-refractivity contribution in [3.8, 4) is 0 Å². The predicted octanol–water partition coefficient (Wildman–Crippen LogP) is 1.94. The zero-order valence-electron chi connectivity index (χ0n) is 11.2. The van der Waals surface area contributed by atoms with Crippen molar-refractivity contribution in [2.24, 2.45) is 0 Å². The van der Waals surface area contributed by atoms with E-state index in [1.807, 2.05) is 0 Å². The van der Waals surface area contributed by atoms with Crippen LogP contribution in [0.4, 0.5) is 5.69 Å². The molecule has 0 aromatic heterocycles. The van der Waals surface area contributed by atoms with Gasteiger partial charge >= 0.3 is 0 Å². The molecule has 1 atom stereocenters. The van der Waals surface area contributed by atoms with Crippen molar-refractivity contribution in [3.05, 3.63) is 29.3 Å². The van der Waals surface area contributed by atoms with Gasteiger partial charge in [0.15, 0.2) is 0 Å². The molecule has 0 radical (unpaired) electrons. The summed E-state index contributed by atoms with van der Waals surface area (Å²) >= 11 is 0. The fourth-order valence-corrected chi connectivity index (χ4v) is 2.90. The number of rotatable bonds is 3. The summed E-state index contributed by atoms with van der Waals surface area (Å²) in [6, 6.07) is 7.25. The van der Waals surface area contributed by atoms with E-state index in [0.29, 0.717) is 6.04 Å². The molecule has 18 heavy (non-hydrogen) atoms. The number of hydrogen-bond acceptors (Lipinski definition) is 3. The third-order valence-corrected chi connectivity index (χ3v) is 3.95. The zero-order chi connectivity index (χ0) is 12.5. The number of nitrogens with zero attached hydrogens (tertiary/aromatic N) is 1. The first-order valence-electron chi connectivity index (χ1n) is 7.06. The van der Waals surface area contributed by atoms with Gasteiger partial charge in [-0.05, 0) is 48.9 Å². The van der Waals surface area contributed by atoms with E-state index in [4.69, 9.17) is 5.73 Å². The quantitative estimate of drug-likeness (QED) is 0.800. The highest BCUT2D eigenvalue weighted by atomic mass is 15.2. The van der Waals surface area contributed by atoms with Crippen molar-refractivity contribution in [2.75, 3.05) is 25.4 Å². The fraction of sp³-hybridized carbons (Fsp3) is 0.600. The van der Waals surface area contributed by atoms with E-state index in [1.54, 1.807) is 0 Å². The maximum absolute atomic E-state index is 6.03. The Balaban J connectivity index is 1.71. The number of nitrogens with one attached hydrogen (secondary N) is 1. The van der Waals surface area contributed by atoms with E-state index in [9.17, 15) is 0 Å². The summed E-state index contributed by atoms with van der Waals surface area (Å²) < 4.78 is 0. The minimum Gasteiger partial charge on any atom is -0.399 e. The van der Waals surface area contributed by atoms with Crippen LogP contribution in [0.15, 0.2) is 18.2 Å². The Labute approximate surface area is 109 Å². The van der Waals surface area contributed by atoms with Gasteiger partial charge in [-0.15, -0.1) is 0 Å². The number of nitrogen functional groups attached to an aromatic ring is 1. The Morgan fingerprint density at radius 1 is 1.33 bits per heavy atom. The number of hydrogen-bond donors (Lipinski definition) is 2. The van der Waals surface area contributed by atoms with Crippen LogP contribution in [-0.4, -0.2) is 30.6 Å². The molecule has 1 saturated carbocycles. The first-order valence-corrected chi connectivity index (χ1v) is 7.06. The van der Waals surface area contributed by atoms with Gasteiger partial charge in [-0.25, -0.2) is 0 Å². The molecule has 1 unspecified atom stereocenters. The Kier molecular flexibility index (Phi) is 3.27. The van der Waals surface area contributed by atoms with Gasteiger partial charge < -0.3 is 11.1 Å². The van der Waals surface area contributed by atoms with Crippen molar-refractivity contribution in [1.82, 2.24) is 10.2 Å². The standard InChI is InChI=1S/C15H23N3/c1-11-9-18(5-4-17-11)10-12-6-14(13-2-3-13)8-15(16)7-12/h6-8,11,13,17H,2-5,9-10,16H2,1H3. The summed E-state index contributed by atoms with van der Waals surface area (Å²) in [5, 5.41) is 3.48. The summed E-state index contributed by atoms with van der Waals surface area (Å²) in [6.07, 6.45) is 2.68. The van der Waals surface area contributed by atoms with Crippen LogP contribution in [0.5, 0.6) is 0 Å². The van der Waals surface area contributed by atoms with Gasteiger partial charge in [-0.1, -0.05) is 6.07 Å². The van der Waals surface area contributed by atoms with E-state index < -0.39 is 0 Å². The van der Waals surface area contributed by atoms with Crippen LogP contribution in [-0.2, 0) is 6.54 Å². The summed E-state index contributed by atoms with van der Waals surface area (Å²) in [5.74, 6) is 0.786. The van der Waals surface area contributed by atoms with Crippen molar-refractivity contribution >= 4 is 5.69 Å².